The molecule has 2 aromatic rings. The predicted molar refractivity (Wildman–Crippen MR) is 65.9 cm³/mol. The van der Waals surface area contributed by atoms with Crippen LogP contribution in [-0.2, 0) is 6.18 Å². The molecule has 0 amide bonds. The van der Waals surface area contributed by atoms with Crippen LogP contribution in [0.2, 0.25) is 5.28 Å². The third kappa shape index (κ3) is 3.79. The summed E-state index contributed by atoms with van der Waals surface area (Å²) in [6.45, 7) is 0. The first-order chi connectivity index (χ1) is 9.77. The third-order valence-corrected chi connectivity index (χ3v) is 2.52. The first kappa shape index (κ1) is 15.4. The molecule has 0 aliphatic heterocycles. The van der Waals surface area contributed by atoms with E-state index in [9.17, 15) is 23.6 Å². The molecule has 0 fully saturated rings. The van der Waals surface area contributed by atoms with E-state index in [4.69, 9.17) is 16.3 Å². The number of nitrogens with zero attached hydrogens (tertiary/aromatic N) is 2. The Hall–Kier alpha value is -1.94. The Morgan fingerprint density at radius 1 is 1.19 bits per heavy atom. The second-order valence-electron chi connectivity index (χ2n) is 3.76. The first-order valence-corrected chi connectivity index (χ1v) is 5.74. The normalized spacial score (nSPS) is 11.8. The Kier molecular flexibility index (Phi) is 4.28. The third-order valence-electron chi connectivity index (χ3n) is 2.34. The van der Waals surface area contributed by atoms with Crippen LogP contribution in [0.25, 0.3) is 0 Å². The summed E-state index contributed by atoms with van der Waals surface area (Å²) in [5.41, 5.74) is -2.35. The van der Waals surface area contributed by atoms with Gasteiger partial charge >= 0.3 is 6.18 Å². The van der Waals surface area contributed by atoms with Gasteiger partial charge in [0.2, 0.25) is 11.2 Å². The molecule has 0 atom stereocenters. The van der Waals surface area contributed by atoms with Gasteiger partial charge in [-0.3, -0.25) is 0 Å². The van der Waals surface area contributed by atoms with Crippen LogP contribution in [0, 0.1) is 10.4 Å². The summed E-state index contributed by atoms with van der Waals surface area (Å²) < 4.78 is 43.5. The van der Waals surface area contributed by atoms with Gasteiger partial charge in [0.15, 0.2) is 0 Å². The van der Waals surface area contributed by atoms with Crippen molar-refractivity contribution < 1.29 is 23.1 Å². The minimum Gasteiger partial charge on any atom is -0.628 e. The molecule has 0 bridgehead atoms. The number of hydrogen-bond acceptors (Lipinski definition) is 5. The van der Waals surface area contributed by atoms with Crippen LogP contribution in [0.15, 0.2) is 30.5 Å². The lowest BCUT2D eigenvalue weighted by Gasteiger charge is -2.27. The minimum absolute atomic E-state index is 0.0793. The van der Waals surface area contributed by atoms with Gasteiger partial charge in [0, 0.05) is 18.3 Å². The van der Waals surface area contributed by atoms with Gasteiger partial charge in [0.25, 0.3) is 0 Å². The molecule has 6 nitrogen and oxygen atoms in total. The quantitative estimate of drug-likeness (QED) is 0.693. The number of ether oxygens (including phenoxy) is 1. The molecule has 1 aromatic carbocycles. The summed E-state index contributed by atoms with van der Waals surface area (Å²) in [5.74, 6) is -0.327. The van der Waals surface area contributed by atoms with Gasteiger partial charge in [-0.05, 0) is 23.7 Å². The van der Waals surface area contributed by atoms with E-state index in [-0.39, 0.29) is 16.9 Å². The van der Waals surface area contributed by atoms with Gasteiger partial charge in [-0.2, -0.15) is 18.2 Å². The Morgan fingerprint density at radius 2 is 1.90 bits per heavy atom. The summed E-state index contributed by atoms with van der Waals surface area (Å²) in [6.07, 6.45) is -3.61. The Balaban J connectivity index is 2.38. The Bertz CT molecular complexity index is 652. The predicted octanol–water partition coefficient (Wildman–Crippen LogP) is 2.45. The standard InChI is InChI=1S/C11H6ClF3N3O3/c12-10-16-4-3-9(17-10)21-6-1-2-8(18(19)20)7(5-6)11(13,14)15/h1-5,18H/q-1. The molecular weight excluding hydrogens is 315 g/mol. The van der Waals surface area contributed by atoms with Crippen LogP contribution in [0.4, 0.5) is 18.9 Å². The van der Waals surface area contributed by atoms with Crippen molar-refractivity contribution in [1.82, 2.24) is 9.97 Å². The molecule has 1 heterocycles. The molecule has 10 heteroatoms. The molecule has 0 aliphatic rings. The van der Waals surface area contributed by atoms with Crippen LogP contribution < -0.4 is 9.96 Å². The zero-order valence-electron chi connectivity index (χ0n) is 10.0. The lowest BCUT2D eigenvalue weighted by molar-refractivity contribution is -0.716. The number of aromatic nitrogens is 2. The number of halogens is 4. The van der Waals surface area contributed by atoms with E-state index >= 15 is 0 Å². The Labute approximate surface area is 120 Å². The molecule has 0 saturated carbocycles. The smallest absolute Gasteiger partial charge is 0.422 e. The maximum absolute atomic E-state index is 12.8. The summed E-state index contributed by atoms with van der Waals surface area (Å²) >= 11 is 5.51. The van der Waals surface area contributed by atoms with Crippen LogP contribution in [-0.4, -0.2) is 9.97 Å². The van der Waals surface area contributed by atoms with Crippen LogP contribution in [0.5, 0.6) is 11.6 Å². The van der Waals surface area contributed by atoms with E-state index in [1.807, 2.05) is 0 Å². The van der Waals surface area contributed by atoms with Gasteiger partial charge in [0.05, 0.1) is 0 Å². The van der Waals surface area contributed by atoms with E-state index < -0.39 is 22.7 Å². The highest BCUT2D eigenvalue weighted by Gasteiger charge is 2.36. The van der Waals surface area contributed by atoms with Gasteiger partial charge < -0.3 is 20.4 Å². The fourth-order valence-corrected chi connectivity index (χ4v) is 1.64. The Morgan fingerprint density at radius 3 is 2.48 bits per heavy atom. The summed E-state index contributed by atoms with van der Waals surface area (Å²) in [6, 6.07) is 3.62. The highest BCUT2D eigenvalue weighted by molar-refractivity contribution is 6.28. The highest BCUT2D eigenvalue weighted by Crippen LogP contribution is 2.36. The second kappa shape index (κ2) is 5.82. The molecule has 1 N–H and O–H groups in total. The minimum atomic E-state index is -4.86. The van der Waals surface area contributed by atoms with Gasteiger partial charge in [0.1, 0.15) is 17.0 Å². The van der Waals surface area contributed by atoms with Crippen LogP contribution >= 0.6 is 11.6 Å². The number of rotatable bonds is 3. The number of alkyl halides is 3. The van der Waals surface area contributed by atoms with E-state index in [0.29, 0.717) is 6.07 Å². The fraction of sp³-hybridized carbons (Fsp3) is 0.0909. The lowest BCUT2D eigenvalue weighted by atomic mass is 10.1. The van der Waals surface area contributed by atoms with Gasteiger partial charge in [-0.15, -0.1) is 0 Å². The molecule has 21 heavy (non-hydrogen) atoms. The number of quaternary nitrogens is 1. The zero-order chi connectivity index (χ0) is 15.6. The van der Waals surface area contributed by atoms with Crippen molar-refractivity contribution in [1.29, 1.82) is 0 Å². The number of nitrogens with one attached hydrogen (secondary N) is 1. The van der Waals surface area contributed by atoms with Gasteiger partial charge in [-0.1, -0.05) is 0 Å². The van der Waals surface area contributed by atoms with Gasteiger partial charge in [-0.25, -0.2) is 4.98 Å². The topological polar surface area (TPSA) is 85.6 Å². The molecular formula is C11H6ClF3N3O3-. The molecule has 0 spiro atoms. The highest BCUT2D eigenvalue weighted by atomic mass is 35.5. The average Bonchev–Trinajstić information content (AvgIpc) is 2.37. The lowest BCUT2D eigenvalue weighted by Crippen LogP contribution is -2.96. The second-order valence-corrected chi connectivity index (χ2v) is 4.10. The largest absolute Gasteiger partial charge is 0.628 e. The summed E-state index contributed by atoms with van der Waals surface area (Å²) in [7, 11) is 0. The van der Waals surface area contributed by atoms with Crippen LogP contribution in [0.3, 0.4) is 0 Å². The molecule has 2 rings (SSSR count). The maximum atomic E-state index is 12.8. The van der Waals surface area contributed by atoms with E-state index in [2.05, 4.69) is 9.97 Å². The molecule has 0 radical (unpaired) electrons. The SMILES string of the molecule is [O-][NH+]([O-])c1ccc(Oc2ccnc(Cl)n2)cc1C(F)(F)F. The van der Waals surface area contributed by atoms with Crippen molar-refractivity contribution >= 4 is 17.3 Å². The monoisotopic (exact) mass is 320 g/mol. The molecule has 0 aliphatic carbocycles. The van der Waals surface area contributed by atoms with Crippen molar-refractivity contribution in [3.05, 3.63) is 51.7 Å². The molecule has 0 saturated heterocycles. The number of hydrogen-bond donors (Lipinski definition) is 1. The van der Waals surface area contributed by atoms with Crippen molar-refractivity contribution in [2.75, 3.05) is 0 Å². The van der Waals surface area contributed by atoms with Crippen LogP contribution in [0.1, 0.15) is 5.56 Å². The summed E-state index contributed by atoms with van der Waals surface area (Å²) in [4.78, 5) is 7.22. The van der Waals surface area contributed by atoms with E-state index in [1.165, 1.54) is 12.3 Å². The average molecular weight is 321 g/mol. The molecule has 0 unspecified atom stereocenters. The zero-order valence-corrected chi connectivity index (χ0v) is 10.8. The first-order valence-electron chi connectivity index (χ1n) is 5.36. The van der Waals surface area contributed by atoms with E-state index in [0.717, 1.165) is 12.1 Å². The van der Waals surface area contributed by atoms with Crippen molar-refractivity contribution in [3.8, 4) is 11.6 Å². The van der Waals surface area contributed by atoms with Crippen molar-refractivity contribution in [2.24, 2.45) is 0 Å². The van der Waals surface area contributed by atoms with Crippen molar-refractivity contribution in [3.63, 3.8) is 0 Å². The fourth-order valence-electron chi connectivity index (χ4n) is 1.50. The number of benzene rings is 1. The van der Waals surface area contributed by atoms with Crippen molar-refractivity contribution in [2.45, 2.75) is 6.18 Å². The molecule has 112 valence electrons. The summed E-state index contributed by atoms with van der Waals surface area (Å²) in [5, 5.41) is 19.3. The molecule has 1 aromatic heterocycles. The van der Waals surface area contributed by atoms with E-state index in [1.54, 1.807) is 0 Å². The maximum Gasteiger partial charge on any atom is 0.422 e.